The number of halogens is 1. The van der Waals surface area contributed by atoms with Gasteiger partial charge in [-0.05, 0) is 80.3 Å². The predicted molar refractivity (Wildman–Crippen MR) is 120 cm³/mol. The predicted octanol–water partition coefficient (Wildman–Crippen LogP) is 4.93. The molecular weight excluding hydrogens is 396 g/mol. The Balaban J connectivity index is 1.18. The Kier molecular flexibility index (Phi) is 7.24. The van der Waals surface area contributed by atoms with Gasteiger partial charge in [-0.2, -0.15) is 0 Å². The van der Waals surface area contributed by atoms with Crippen LogP contribution in [-0.2, 0) is 6.54 Å². The molecule has 1 saturated heterocycles. The number of rotatable bonds is 6. The quantitative estimate of drug-likeness (QED) is 0.688. The van der Waals surface area contributed by atoms with E-state index < -0.39 is 0 Å². The minimum atomic E-state index is -0.0791. The lowest BCUT2D eigenvalue weighted by Crippen LogP contribution is -2.44. The van der Waals surface area contributed by atoms with Crippen molar-refractivity contribution >= 4 is 17.6 Å². The molecule has 2 aliphatic rings. The SMILES string of the molecule is O=C(NCc1ccc(Cl)cc1)NC1CCC(CN2CCC[C@@H]2c2cccnc2)CC1. The Morgan fingerprint density at radius 1 is 1.10 bits per heavy atom. The fourth-order valence-electron chi connectivity index (χ4n) is 4.84. The number of benzene rings is 1. The highest BCUT2D eigenvalue weighted by Gasteiger charge is 2.30. The number of nitrogens with one attached hydrogen (secondary N) is 2. The van der Waals surface area contributed by atoms with Crippen LogP contribution < -0.4 is 10.6 Å². The first kappa shape index (κ1) is 21.1. The van der Waals surface area contributed by atoms with Crippen LogP contribution in [0.15, 0.2) is 48.8 Å². The van der Waals surface area contributed by atoms with Crippen LogP contribution in [0.3, 0.4) is 0 Å². The minimum absolute atomic E-state index is 0.0791. The maximum absolute atomic E-state index is 12.2. The molecule has 1 aromatic heterocycles. The van der Waals surface area contributed by atoms with Gasteiger partial charge in [-0.25, -0.2) is 4.79 Å². The minimum Gasteiger partial charge on any atom is -0.335 e. The van der Waals surface area contributed by atoms with Crippen molar-refractivity contribution in [3.8, 4) is 0 Å². The first-order chi connectivity index (χ1) is 14.7. The maximum Gasteiger partial charge on any atom is 0.315 e. The van der Waals surface area contributed by atoms with E-state index in [2.05, 4.69) is 26.6 Å². The molecule has 1 atom stereocenters. The zero-order chi connectivity index (χ0) is 20.8. The molecule has 2 aromatic rings. The second kappa shape index (κ2) is 10.3. The highest BCUT2D eigenvalue weighted by Crippen LogP contribution is 2.34. The van der Waals surface area contributed by atoms with E-state index in [4.69, 9.17) is 11.6 Å². The van der Waals surface area contributed by atoms with Gasteiger partial charge in [-0.1, -0.05) is 29.8 Å². The topological polar surface area (TPSA) is 57.3 Å². The number of aromatic nitrogens is 1. The monoisotopic (exact) mass is 426 g/mol. The van der Waals surface area contributed by atoms with Crippen molar-refractivity contribution in [1.29, 1.82) is 0 Å². The molecule has 1 aliphatic heterocycles. The molecule has 1 saturated carbocycles. The first-order valence-electron chi connectivity index (χ1n) is 11.1. The van der Waals surface area contributed by atoms with Crippen LogP contribution in [0.5, 0.6) is 0 Å². The summed E-state index contributed by atoms with van der Waals surface area (Å²) >= 11 is 5.90. The van der Waals surface area contributed by atoms with Crippen LogP contribution in [0.1, 0.15) is 55.7 Å². The standard InChI is InChI=1S/C24H31ClN4O/c25-21-9-5-18(6-10-21)15-27-24(30)28-22-11-7-19(8-12-22)17-29-14-2-4-23(29)20-3-1-13-26-16-20/h1,3,5-6,9-10,13,16,19,22-23H,2,4,7-8,11-12,14-15,17H2,(H2,27,28,30)/t19?,22?,23-/m1/s1. The summed E-state index contributed by atoms with van der Waals surface area (Å²) in [6, 6.07) is 12.5. The third-order valence-electron chi connectivity index (χ3n) is 6.47. The molecule has 160 valence electrons. The van der Waals surface area contributed by atoms with Gasteiger partial charge in [0.25, 0.3) is 0 Å². The average molecular weight is 427 g/mol. The molecule has 6 heteroatoms. The Labute approximate surface area is 184 Å². The largest absolute Gasteiger partial charge is 0.335 e. The fraction of sp³-hybridized carbons (Fsp3) is 0.500. The third-order valence-corrected chi connectivity index (χ3v) is 6.73. The number of hydrogen-bond donors (Lipinski definition) is 2. The molecule has 2 heterocycles. The van der Waals surface area contributed by atoms with Crippen LogP contribution in [0.2, 0.25) is 5.02 Å². The average Bonchev–Trinajstić information content (AvgIpc) is 3.23. The van der Waals surface area contributed by atoms with Gasteiger partial charge in [0.05, 0.1) is 0 Å². The lowest BCUT2D eigenvalue weighted by molar-refractivity contribution is 0.175. The number of urea groups is 1. The second-order valence-electron chi connectivity index (χ2n) is 8.61. The van der Waals surface area contributed by atoms with E-state index in [-0.39, 0.29) is 12.1 Å². The number of likely N-dealkylation sites (tertiary alicyclic amines) is 1. The van der Waals surface area contributed by atoms with Crippen LogP contribution in [0, 0.1) is 5.92 Å². The molecule has 0 spiro atoms. The maximum atomic E-state index is 12.2. The van der Waals surface area contributed by atoms with Crippen molar-refractivity contribution in [3.63, 3.8) is 0 Å². The number of amides is 2. The van der Waals surface area contributed by atoms with Gasteiger partial charge in [0.1, 0.15) is 0 Å². The molecule has 4 rings (SSSR count). The van der Waals surface area contributed by atoms with E-state index in [0.29, 0.717) is 17.6 Å². The summed E-state index contributed by atoms with van der Waals surface area (Å²) in [4.78, 5) is 19.2. The number of pyridine rings is 1. The molecule has 2 N–H and O–H groups in total. The Morgan fingerprint density at radius 2 is 1.90 bits per heavy atom. The van der Waals surface area contributed by atoms with Crippen LogP contribution >= 0.6 is 11.6 Å². The van der Waals surface area contributed by atoms with E-state index in [1.165, 1.54) is 37.8 Å². The molecule has 1 aliphatic carbocycles. The zero-order valence-corrected chi connectivity index (χ0v) is 18.2. The van der Waals surface area contributed by atoms with Crippen molar-refractivity contribution in [2.75, 3.05) is 13.1 Å². The van der Waals surface area contributed by atoms with E-state index >= 15 is 0 Å². The summed E-state index contributed by atoms with van der Waals surface area (Å²) in [6.07, 6.45) is 10.8. The van der Waals surface area contributed by atoms with Crippen LogP contribution in [0.25, 0.3) is 0 Å². The Morgan fingerprint density at radius 3 is 2.63 bits per heavy atom. The van der Waals surface area contributed by atoms with Crippen LogP contribution in [0.4, 0.5) is 4.79 Å². The third kappa shape index (κ3) is 5.73. The second-order valence-corrected chi connectivity index (χ2v) is 9.05. The molecule has 2 amide bonds. The summed E-state index contributed by atoms with van der Waals surface area (Å²) in [5.74, 6) is 0.720. The number of carbonyl (C=O) groups is 1. The molecule has 0 bridgehead atoms. The smallest absolute Gasteiger partial charge is 0.315 e. The molecule has 0 unspecified atom stereocenters. The zero-order valence-electron chi connectivity index (χ0n) is 17.4. The molecular formula is C24H31ClN4O. The van der Waals surface area contributed by atoms with Crippen molar-refractivity contribution < 1.29 is 4.79 Å². The van der Waals surface area contributed by atoms with Crippen LogP contribution in [-0.4, -0.2) is 35.0 Å². The van der Waals surface area contributed by atoms with E-state index in [1.54, 1.807) is 0 Å². The van der Waals surface area contributed by atoms with E-state index in [9.17, 15) is 4.79 Å². The van der Waals surface area contributed by atoms with E-state index in [0.717, 1.165) is 30.9 Å². The van der Waals surface area contributed by atoms with Gasteiger partial charge in [-0.3, -0.25) is 9.88 Å². The normalized spacial score (nSPS) is 24.5. The molecule has 2 fully saturated rings. The van der Waals surface area contributed by atoms with Gasteiger partial charge in [0.15, 0.2) is 0 Å². The fourth-order valence-corrected chi connectivity index (χ4v) is 4.96. The summed E-state index contributed by atoms with van der Waals surface area (Å²) in [5.41, 5.74) is 2.40. The van der Waals surface area contributed by atoms with Gasteiger partial charge in [-0.15, -0.1) is 0 Å². The molecule has 30 heavy (non-hydrogen) atoms. The Bertz CT molecular complexity index is 806. The highest BCUT2D eigenvalue weighted by molar-refractivity contribution is 6.30. The highest BCUT2D eigenvalue weighted by atomic mass is 35.5. The van der Waals surface area contributed by atoms with Gasteiger partial charge in [0, 0.05) is 42.6 Å². The molecule has 1 aromatic carbocycles. The van der Waals surface area contributed by atoms with Crippen molar-refractivity contribution in [2.45, 2.75) is 57.2 Å². The summed E-state index contributed by atoms with van der Waals surface area (Å²) in [6.45, 7) is 2.86. The number of hydrogen-bond acceptors (Lipinski definition) is 3. The van der Waals surface area contributed by atoms with E-state index in [1.807, 2.05) is 42.7 Å². The molecule has 0 radical (unpaired) electrons. The van der Waals surface area contributed by atoms with Crippen molar-refractivity contribution in [3.05, 3.63) is 64.9 Å². The number of carbonyl (C=O) groups excluding carboxylic acids is 1. The molecule has 5 nitrogen and oxygen atoms in total. The lowest BCUT2D eigenvalue weighted by Gasteiger charge is -2.34. The lowest BCUT2D eigenvalue weighted by atomic mass is 9.85. The van der Waals surface area contributed by atoms with Gasteiger partial charge < -0.3 is 10.6 Å². The summed E-state index contributed by atoms with van der Waals surface area (Å²) in [5, 5.41) is 6.81. The summed E-state index contributed by atoms with van der Waals surface area (Å²) in [7, 11) is 0. The van der Waals surface area contributed by atoms with Gasteiger partial charge >= 0.3 is 6.03 Å². The first-order valence-corrected chi connectivity index (χ1v) is 11.5. The Hall–Kier alpha value is -2.11. The summed E-state index contributed by atoms with van der Waals surface area (Å²) < 4.78 is 0. The van der Waals surface area contributed by atoms with Crippen molar-refractivity contribution in [2.24, 2.45) is 5.92 Å². The van der Waals surface area contributed by atoms with Crippen molar-refractivity contribution in [1.82, 2.24) is 20.5 Å². The number of nitrogens with zero attached hydrogens (tertiary/aromatic N) is 2. The van der Waals surface area contributed by atoms with Gasteiger partial charge in [0.2, 0.25) is 0 Å².